The Hall–Kier alpha value is -1.76. The monoisotopic (exact) mass is 295 g/mol. The Kier molecular flexibility index (Phi) is 3.19. The third-order valence-corrected chi connectivity index (χ3v) is 2.51. The summed E-state index contributed by atoms with van der Waals surface area (Å²) in [5, 5.41) is 6.84. The quantitative estimate of drug-likeness (QED) is 0.912. The fourth-order valence-electron chi connectivity index (χ4n) is 1.34. The SMILES string of the molecule is Cc1cc(NC(=O)c2cnc(Br)cn2)n(C)n1. The minimum atomic E-state index is -0.312. The number of hydrogen-bond donors (Lipinski definition) is 1. The van der Waals surface area contributed by atoms with Crippen molar-refractivity contribution in [3.63, 3.8) is 0 Å². The second-order valence-corrected chi connectivity index (χ2v) is 4.29. The van der Waals surface area contributed by atoms with Gasteiger partial charge < -0.3 is 5.32 Å². The summed E-state index contributed by atoms with van der Waals surface area (Å²) in [7, 11) is 1.76. The van der Waals surface area contributed by atoms with Gasteiger partial charge >= 0.3 is 0 Å². The summed E-state index contributed by atoms with van der Waals surface area (Å²) in [6, 6.07) is 1.78. The Bertz CT molecular complexity index is 548. The Balaban J connectivity index is 2.17. The molecule has 88 valence electrons. The van der Waals surface area contributed by atoms with E-state index >= 15 is 0 Å². The van der Waals surface area contributed by atoms with Crippen LogP contribution in [0.2, 0.25) is 0 Å². The molecule has 0 spiro atoms. The van der Waals surface area contributed by atoms with Gasteiger partial charge in [-0.25, -0.2) is 9.97 Å². The molecule has 7 heteroatoms. The van der Waals surface area contributed by atoms with Gasteiger partial charge in [0, 0.05) is 13.1 Å². The molecule has 0 fully saturated rings. The number of carbonyl (C=O) groups excluding carboxylic acids is 1. The lowest BCUT2D eigenvalue weighted by Gasteiger charge is -2.03. The van der Waals surface area contributed by atoms with E-state index in [9.17, 15) is 4.79 Å². The van der Waals surface area contributed by atoms with E-state index in [4.69, 9.17) is 0 Å². The maximum Gasteiger partial charge on any atom is 0.277 e. The second kappa shape index (κ2) is 4.62. The van der Waals surface area contributed by atoms with Gasteiger partial charge in [0.1, 0.15) is 16.1 Å². The molecule has 0 aliphatic heterocycles. The van der Waals surface area contributed by atoms with Gasteiger partial charge in [-0.15, -0.1) is 0 Å². The van der Waals surface area contributed by atoms with Crippen LogP contribution in [0.5, 0.6) is 0 Å². The molecule has 0 atom stereocenters. The van der Waals surface area contributed by atoms with Crippen molar-refractivity contribution >= 4 is 27.7 Å². The van der Waals surface area contributed by atoms with E-state index < -0.39 is 0 Å². The van der Waals surface area contributed by atoms with Crippen molar-refractivity contribution in [2.75, 3.05) is 5.32 Å². The molecule has 6 nitrogen and oxygen atoms in total. The largest absolute Gasteiger partial charge is 0.305 e. The molecule has 0 unspecified atom stereocenters. The number of amides is 1. The number of hydrogen-bond acceptors (Lipinski definition) is 4. The molecular formula is C10H10BrN5O. The normalized spacial score (nSPS) is 10.3. The molecule has 1 amide bonds. The molecule has 1 N–H and O–H groups in total. The van der Waals surface area contributed by atoms with Crippen LogP contribution in [0.1, 0.15) is 16.2 Å². The highest BCUT2D eigenvalue weighted by atomic mass is 79.9. The van der Waals surface area contributed by atoms with E-state index in [1.807, 2.05) is 6.92 Å². The van der Waals surface area contributed by atoms with Gasteiger partial charge in [-0.3, -0.25) is 9.48 Å². The summed E-state index contributed by atoms with van der Waals surface area (Å²) in [4.78, 5) is 19.7. The zero-order valence-electron chi connectivity index (χ0n) is 9.31. The van der Waals surface area contributed by atoms with Crippen LogP contribution in [0.4, 0.5) is 5.82 Å². The minimum Gasteiger partial charge on any atom is -0.305 e. The third kappa shape index (κ3) is 2.68. The molecule has 17 heavy (non-hydrogen) atoms. The highest BCUT2D eigenvalue weighted by molar-refractivity contribution is 9.10. The summed E-state index contributed by atoms with van der Waals surface area (Å²) in [6.07, 6.45) is 2.88. The average Bonchev–Trinajstić information content (AvgIpc) is 2.58. The highest BCUT2D eigenvalue weighted by Gasteiger charge is 2.10. The van der Waals surface area contributed by atoms with Crippen molar-refractivity contribution in [1.29, 1.82) is 0 Å². The summed E-state index contributed by atoms with van der Waals surface area (Å²) in [5.74, 6) is 0.310. The molecule has 2 aromatic rings. The number of rotatable bonds is 2. The first-order valence-corrected chi connectivity index (χ1v) is 5.65. The number of nitrogens with one attached hydrogen (secondary N) is 1. The molecule has 2 heterocycles. The molecular weight excluding hydrogens is 286 g/mol. The Labute approximate surface area is 106 Å². The van der Waals surface area contributed by atoms with Crippen LogP contribution in [0.3, 0.4) is 0 Å². The Morgan fingerprint density at radius 3 is 2.71 bits per heavy atom. The fourth-order valence-corrected chi connectivity index (χ4v) is 1.54. The van der Waals surface area contributed by atoms with Gasteiger partial charge in [0.05, 0.1) is 18.1 Å². The number of aryl methyl sites for hydroxylation is 2. The number of aromatic nitrogens is 4. The number of carbonyl (C=O) groups is 1. The van der Waals surface area contributed by atoms with Crippen LogP contribution in [0.25, 0.3) is 0 Å². The zero-order chi connectivity index (χ0) is 12.4. The molecule has 0 aromatic carbocycles. The van der Waals surface area contributed by atoms with Crippen molar-refractivity contribution in [3.05, 3.63) is 34.5 Å². The van der Waals surface area contributed by atoms with Crippen molar-refractivity contribution in [3.8, 4) is 0 Å². The number of halogens is 1. The van der Waals surface area contributed by atoms with Crippen molar-refractivity contribution < 1.29 is 4.79 Å². The van der Waals surface area contributed by atoms with Crippen LogP contribution in [-0.4, -0.2) is 25.7 Å². The van der Waals surface area contributed by atoms with Crippen molar-refractivity contribution in [2.45, 2.75) is 6.92 Å². The average molecular weight is 296 g/mol. The van der Waals surface area contributed by atoms with Crippen LogP contribution in [0.15, 0.2) is 23.1 Å². The maximum atomic E-state index is 11.8. The van der Waals surface area contributed by atoms with Crippen molar-refractivity contribution in [1.82, 2.24) is 19.7 Å². The van der Waals surface area contributed by atoms with Crippen LogP contribution < -0.4 is 5.32 Å². The van der Waals surface area contributed by atoms with Gasteiger partial charge in [0.25, 0.3) is 5.91 Å². The summed E-state index contributed by atoms with van der Waals surface area (Å²) < 4.78 is 2.19. The smallest absolute Gasteiger partial charge is 0.277 e. The van der Waals surface area contributed by atoms with Gasteiger partial charge in [0.15, 0.2) is 0 Å². The molecule has 2 aromatic heterocycles. The molecule has 0 aliphatic rings. The van der Waals surface area contributed by atoms with Crippen LogP contribution in [0, 0.1) is 6.92 Å². The van der Waals surface area contributed by atoms with E-state index in [1.54, 1.807) is 17.8 Å². The van der Waals surface area contributed by atoms with Crippen LogP contribution in [-0.2, 0) is 7.05 Å². The van der Waals surface area contributed by atoms with Gasteiger partial charge in [-0.05, 0) is 22.9 Å². The van der Waals surface area contributed by atoms with Crippen molar-refractivity contribution in [2.24, 2.45) is 7.05 Å². The first-order chi connectivity index (χ1) is 8.06. The first kappa shape index (κ1) is 11.7. The fraction of sp³-hybridized carbons (Fsp3) is 0.200. The predicted molar refractivity (Wildman–Crippen MR) is 65.6 cm³/mol. The minimum absolute atomic E-state index is 0.257. The zero-order valence-corrected chi connectivity index (χ0v) is 10.9. The first-order valence-electron chi connectivity index (χ1n) is 4.86. The molecule has 0 bridgehead atoms. The number of nitrogens with zero attached hydrogens (tertiary/aromatic N) is 4. The lowest BCUT2D eigenvalue weighted by Crippen LogP contribution is -2.16. The Morgan fingerprint density at radius 2 is 2.18 bits per heavy atom. The predicted octanol–water partition coefficient (Wildman–Crippen LogP) is 1.53. The standard InChI is InChI=1S/C10H10BrN5O/c1-6-3-9(16(2)15-6)14-10(17)7-4-13-8(11)5-12-7/h3-5H,1-2H3,(H,14,17). The number of anilines is 1. The van der Waals surface area contributed by atoms with Gasteiger partial charge in [0.2, 0.25) is 0 Å². The third-order valence-electron chi connectivity index (χ3n) is 2.10. The lowest BCUT2D eigenvalue weighted by atomic mass is 10.4. The van der Waals surface area contributed by atoms with E-state index in [0.29, 0.717) is 10.4 Å². The lowest BCUT2D eigenvalue weighted by molar-refractivity contribution is 0.102. The molecule has 0 aliphatic carbocycles. The highest BCUT2D eigenvalue weighted by Crippen LogP contribution is 2.10. The van der Waals surface area contributed by atoms with E-state index in [1.165, 1.54) is 12.4 Å². The second-order valence-electron chi connectivity index (χ2n) is 3.47. The van der Waals surface area contributed by atoms with Crippen LogP contribution >= 0.6 is 15.9 Å². The topological polar surface area (TPSA) is 72.7 Å². The van der Waals surface area contributed by atoms with Gasteiger partial charge in [-0.2, -0.15) is 5.10 Å². The molecule has 0 radical (unpaired) electrons. The molecule has 0 saturated carbocycles. The molecule has 2 rings (SSSR count). The van der Waals surface area contributed by atoms with E-state index in [-0.39, 0.29) is 11.6 Å². The Morgan fingerprint density at radius 1 is 1.41 bits per heavy atom. The van der Waals surface area contributed by atoms with E-state index in [2.05, 4.69) is 36.3 Å². The summed E-state index contributed by atoms with van der Waals surface area (Å²) >= 11 is 3.16. The molecule has 0 saturated heterocycles. The summed E-state index contributed by atoms with van der Waals surface area (Å²) in [5.41, 5.74) is 1.09. The summed E-state index contributed by atoms with van der Waals surface area (Å²) in [6.45, 7) is 1.86. The van der Waals surface area contributed by atoms with Gasteiger partial charge in [-0.1, -0.05) is 0 Å². The maximum absolute atomic E-state index is 11.8. The van der Waals surface area contributed by atoms with E-state index in [0.717, 1.165) is 5.69 Å².